The summed E-state index contributed by atoms with van der Waals surface area (Å²) in [5, 5.41) is 0. The van der Waals surface area contributed by atoms with E-state index >= 15 is 0 Å². The van der Waals surface area contributed by atoms with E-state index in [-0.39, 0.29) is 5.91 Å². The van der Waals surface area contributed by atoms with Crippen LogP contribution in [0, 0.1) is 0 Å². The van der Waals surface area contributed by atoms with Crippen LogP contribution in [0.4, 0.5) is 5.69 Å². The maximum atomic E-state index is 11.7. The average molecular weight is 213 g/mol. The average Bonchev–Trinajstić information content (AvgIpc) is 2.61. The number of anilines is 1. The number of fused-ring (bicyclic) bond motifs is 1. The molecular formula is C14H15NO. The lowest BCUT2D eigenvalue weighted by molar-refractivity contribution is -0.116. The molecule has 82 valence electrons. The van der Waals surface area contributed by atoms with Crippen LogP contribution in [0.5, 0.6) is 0 Å². The SMILES string of the molecule is CCCC=C=CN1C(=O)Cc2ccccc21. The molecule has 1 aliphatic heterocycles. The van der Waals surface area contributed by atoms with E-state index < -0.39 is 0 Å². The molecule has 0 fully saturated rings. The van der Waals surface area contributed by atoms with Crippen molar-refractivity contribution in [3.05, 3.63) is 47.8 Å². The van der Waals surface area contributed by atoms with E-state index in [4.69, 9.17) is 0 Å². The third-order valence-corrected chi connectivity index (χ3v) is 2.62. The number of para-hydroxylation sites is 1. The minimum atomic E-state index is 0.124. The molecule has 0 bridgehead atoms. The molecule has 1 heterocycles. The molecule has 1 aromatic carbocycles. The number of hydrogen-bond acceptors (Lipinski definition) is 1. The van der Waals surface area contributed by atoms with E-state index in [9.17, 15) is 4.79 Å². The van der Waals surface area contributed by atoms with Crippen molar-refractivity contribution in [2.75, 3.05) is 4.90 Å². The minimum Gasteiger partial charge on any atom is -0.280 e. The Balaban J connectivity index is 2.23. The van der Waals surface area contributed by atoms with Gasteiger partial charge in [0.2, 0.25) is 5.91 Å². The van der Waals surface area contributed by atoms with Crippen LogP contribution in [0.2, 0.25) is 0 Å². The van der Waals surface area contributed by atoms with Crippen molar-refractivity contribution < 1.29 is 4.79 Å². The molecule has 0 saturated carbocycles. The zero-order chi connectivity index (χ0) is 11.4. The van der Waals surface area contributed by atoms with Gasteiger partial charge < -0.3 is 0 Å². The predicted octanol–water partition coefficient (Wildman–Crippen LogP) is 3.04. The van der Waals surface area contributed by atoms with Gasteiger partial charge >= 0.3 is 0 Å². The Morgan fingerprint density at radius 3 is 3.06 bits per heavy atom. The second-order valence-corrected chi connectivity index (χ2v) is 3.86. The summed E-state index contributed by atoms with van der Waals surface area (Å²) in [5.74, 6) is 0.124. The lowest BCUT2D eigenvalue weighted by Gasteiger charge is -2.09. The molecule has 2 nitrogen and oxygen atoms in total. The van der Waals surface area contributed by atoms with E-state index in [0.29, 0.717) is 6.42 Å². The Kier molecular flexibility index (Phi) is 3.23. The second-order valence-electron chi connectivity index (χ2n) is 3.86. The molecule has 0 radical (unpaired) electrons. The first kappa shape index (κ1) is 10.7. The Morgan fingerprint density at radius 1 is 1.44 bits per heavy atom. The second kappa shape index (κ2) is 4.82. The number of rotatable bonds is 3. The lowest BCUT2D eigenvalue weighted by Crippen LogP contribution is -2.19. The number of carbonyl (C=O) groups excluding carboxylic acids is 1. The number of amides is 1. The van der Waals surface area contributed by atoms with Crippen molar-refractivity contribution in [2.45, 2.75) is 26.2 Å². The molecule has 0 unspecified atom stereocenters. The van der Waals surface area contributed by atoms with E-state index in [1.165, 1.54) is 0 Å². The van der Waals surface area contributed by atoms with E-state index in [1.54, 1.807) is 11.1 Å². The molecule has 0 aromatic heterocycles. The Bertz CT molecular complexity index is 456. The highest BCUT2D eigenvalue weighted by Gasteiger charge is 2.24. The van der Waals surface area contributed by atoms with Crippen LogP contribution < -0.4 is 4.90 Å². The first-order valence-electron chi connectivity index (χ1n) is 5.64. The Morgan fingerprint density at radius 2 is 2.25 bits per heavy atom. The van der Waals surface area contributed by atoms with Crippen molar-refractivity contribution in [1.82, 2.24) is 0 Å². The quantitative estimate of drug-likeness (QED) is 0.707. The van der Waals surface area contributed by atoms with Gasteiger partial charge in [0.05, 0.1) is 18.3 Å². The van der Waals surface area contributed by atoms with Crippen LogP contribution in [0.3, 0.4) is 0 Å². The van der Waals surface area contributed by atoms with Gasteiger partial charge in [-0.15, -0.1) is 5.73 Å². The summed E-state index contributed by atoms with van der Waals surface area (Å²) in [6.45, 7) is 2.12. The zero-order valence-electron chi connectivity index (χ0n) is 9.44. The standard InChI is InChI=1S/C14H15NO/c1-2-3-4-7-10-15-13-9-6-5-8-12(13)11-14(15)16/h4-6,8-10H,2-3,11H2,1H3. The molecular weight excluding hydrogens is 198 g/mol. The first-order valence-corrected chi connectivity index (χ1v) is 5.64. The summed E-state index contributed by atoms with van der Waals surface area (Å²) in [7, 11) is 0. The number of hydrogen-bond donors (Lipinski definition) is 0. The van der Waals surface area contributed by atoms with Gasteiger partial charge in [-0.1, -0.05) is 31.5 Å². The highest BCUT2D eigenvalue weighted by Crippen LogP contribution is 2.28. The number of benzene rings is 1. The molecule has 2 heteroatoms. The monoisotopic (exact) mass is 213 g/mol. The van der Waals surface area contributed by atoms with Crippen LogP contribution in [0.1, 0.15) is 25.3 Å². The minimum absolute atomic E-state index is 0.124. The highest BCUT2D eigenvalue weighted by molar-refractivity contribution is 6.02. The summed E-state index contributed by atoms with van der Waals surface area (Å²) in [4.78, 5) is 13.4. The number of unbranched alkanes of at least 4 members (excludes halogenated alkanes) is 1. The predicted molar refractivity (Wildman–Crippen MR) is 65.2 cm³/mol. The molecule has 0 spiro atoms. The number of nitrogens with zero attached hydrogens (tertiary/aromatic N) is 1. The first-order chi connectivity index (χ1) is 7.83. The van der Waals surface area contributed by atoms with Crippen LogP contribution in [0.15, 0.2) is 42.3 Å². The highest BCUT2D eigenvalue weighted by atomic mass is 16.2. The van der Waals surface area contributed by atoms with Crippen LogP contribution in [0.25, 0.3) is 0 Å². The van der Waals surface area contributed by atoms with Crippen LogP contribution in [-0.2, 0) is 11.2 Å². The molecule has 0 atom stereocenters. The van der Waals surface area contributed by atoms with E-state index in [0.717, 1.165) is 24.1 Å². The molecule has 0 N–H and O–H groups in total. The fourth-order valence-electron chi connectivity index (χ4n) is 1.77. The summed E-state index contributed by atoms with van der Waals surface area (Å²) >= 11 is 0. The summed E-state index contributed by atoms with van der Waals surface area (Å²) < 4.78 is 0. The smallest absolute Gasteiger partial charge is 0.236 e. The third kappa shape index (κ3) is 2.07. The molecule has 0 aliphatic carbocycles. The van der Waals surface area contributed by atoms with E-state index in [2.05, 4.69) is 12.7 Å². The topological polar surface area (TPSA) is 20.3 Å². The van der Waals surface area contributed by atoms with Gasteiger partial charge in [0.15, 0.2) is 0 Å². The Hall–Kier alpha value is -1.79. The lowest BCUT2D eigenvalue weighted by atomic mass is 10.2. The largest absolute Gasteiger partial charge is 0.280 e. The van der Waals surface area contributed by atoms with Gasteiger partial charge in [0, 0.05) is 0 Å². The fourth-order valence-corrected chi connectivity index (χ4v) is 1.77. The van der Waals surface area contributed by atoms with Gasteiger partial charge in [-0.2, -0.15) is 0 Å². The molecule has 1 amide bonds. The third-order valence-electron chi connectivity index (χ3n) is 2.62. The zero-order valence-corrected chi connectivity index (χ0v) is 9.44. The fraction of sp³-hybridized carbons (Fsp3) is 0.286. The van der Waals surface area contributed by atoms with Gasteiger partial charge in [-0.05, 0) is 24.1 Å². The summed E-state index contributed by atoms with van der Waals surface area (Å²) in [5.41, 5.74) is 5.14. The Labute approximate surface area is 95.9 Å². The van der Waals surface area contributed by atoms with Gasteiger partial charge in [0.1, 0.15) is 0 Å². The molecule has 1 aromatic rings. The van der Waals surface area contributed by atoms with Gasteiger partial charge in [0.25, 0.3) is 0 Å². The maximum Gasteiger partial charge on any atom is 0.236 e. The van der Waals surface area contributed by atoms with Crippen LogP contribution in [-0.4, -0.2) is 5.91 Å². The number of carbonyl (C=O) groups is 1. The van der Waals surface area contributed by atoms with Crippen molar-refractivity contribution >= 4 is 11.6 Å². The number of allylic oxidation sites excluding steroid dienone is 1. The van der Waals surface area contributed by atoms with Crippen molar-refractivity contribution in [3.8, 4) is 0 Å². The summed E-state index contributed by atoms with van der Waals surface area (Å²) in [6.07, 6.45) is 6.31. The molecule has 16 heavy (non-hydrogen) atoms. The van der Waals surface area contributed by atoms with Crippen molar-refractivity contribution in [3.63, 3.8) is 0 Å². The maximum absolute atomic E-state index is 11.7. The van der Waals surface area contributed by atoms with Crippen molar-refractivity contribution in [2.24, 2.45) is 0 Å². The molecule has 2 rings (SSSR count). The molecule has 1 aliphatic rings. The summed E-state index contributed by atoms with van der Waals surface area (Å²) in [6, 6.07) is 7.88. The van der Waals surface area contributed by atoms with Crippen molar-refractivity contribution in [1.29, 1.82) is 0 Å². The van der Waals surface area contributed by atoms with Gasteiger partial charge in [-0.25, -0.2) is 0 Å². The van der Waals surface area contributed by atoms with Gasteiger partial charge in [-0.3, -0.25) is 9.69 Å². The van der Waals surface area contributed by atoms with E-state index in [1.807, 2.05) is 30.3 Å². The molecule has 0 saturated heterocycles. The normalized spacial score (nSPS) is 13.3. The van der Waals surface area contributed by atoms with Crippen LogP contribution >= 0.6 is 0 Å².